The predicted molar refractivity (Wildman–Crippen MR) is 61.9 cm³/mol. The van der Waals surface area contributed by atoms with E-state index in [9.17, 15) is 4.79 Å². The van der Waals surface area contributed by atoms with Gasteiger partial charge in [0.15, 0.2) is 5.76 Å². The Hall–Kier alpha value is -2.72. The van der Waals surface area contributed by atoms with Gasteiger partial charge in [-0.3, -0.25) is 4.79 Å². The van der Waals surface area contributed by atoms with Crippen LogP contribution in [0.2, 0.25) is 0 Å². The number of anilines is 1. The van der Waals surface area contributed by atoms with Crippen molar-refractivity contribution >= 4 is 17.3 Å². The number of nitrogens with one attached hydrogen (secondary N) is 1. The zero-order chi connectivity index (χ0) is 12.1. The van der Waals surface area contributed by atoms with Crippen molar-refractivity contribution in [1.29, 1.82) is 0 Å². The van der Waals surface area contributed by atoms with Gasteiger partial charge in [0.1, 0.15) is 0 Å². The van der Waals surface area contributed by atoms with Gasteiger partial charge in [0, 0.05) is 16.3 Å². The zero-order valence-electron chi connectivity index (χ0n) is 8.70. The number of carbonyl (C=O) groups is 1. The molecule has 1 aromatic heterocycles. The van der Waals surface area contributed by atoms with Crippen molar-refractivity contribution in [3.05, 3.63) is 58.9 Å². The van der Waals surface area contributed by atoms with Crippen LogP contribution in [0, 0.1) is 0 Å². The molecule has 0 spiro atoms. The molecule has 2 aromatic rings. The van der Waals surface area contributed by atoms with Gasteiger partial charge in [-0.2, -0.15) is 0 Å². The molecule has 1 aromatic carbocycles. The minimum absolute atomic E-state index is 0.221. The van der Waals surface area contributed by atoms with Crippen LogP contribution >= 0.6 is 0 Å². The van der Waals surface area contributed by atoms with E-state index in [-0.39, 0.29) is 11.7 Å². The Balaban J connectivity index is 2.16. The van der Waals surface area contributed by atoms with Crippen LogP contribution in [0.4, 0.5) is 11.4 Å². The van der Waals surface area contributed by atoms with E-state index in [0.717, 1.165) is 0 Å². The number of nitrogens with zero attached hydrogens (tertiary/aromatic N) is 3. The van der Waals surface area contributed by atoms with Gasteiger partial charge in [-0.05, 0) is 29.8 Å². The minimum Gasteiger partial charge on any atom is -0.459 e. The number of amides is 1. The van der Waals surface area contributed by atoms with Crippen molar-refractivity contribution in [2.24, 2.45) is 5.11 Å². The third kappa shape index (κ3) is 2.64. The second-order valence-corrected chi connectivity index (χ2v) is 3.17. The molecule has 17 heavy (non-hydrogen) atoms. The lowest BCUT2D eigenvalue weighted by Crippen LogP contribution is -2.10. The fraction of sp³-hybridized carbons (Fsp3) is 0. The van der Waals surface area contributed by atoms with Crippen molar-refractivity contribution in [2.45, 2.75) is 0 Å². The summed E-state index contributed by atoms with van der Waals surface area (Å²) in [6.07, 6.45) is 1.42. The number of hydrogen-bond acceptors (Lipinski definition) is 3. The minimum atomic E-state index is -0.354. The Morgan fingerprint density at radius 2 is 2.24 bits per heavy atom. The predicted octanol–water partition coefficient (Wildman–Crippen LogP) is 3.47. The van der Waals surface area contributed by atoms with Crippen LogP contribution in [0.5, 0.6) is 0 Å². The molecule has 6 heteroatoms. The van der Waals surface area contributed by atoms with Crippen LogP contribution in [0.15, 0.2) is 52.2 Å². The normalized spacial score (nSPS) is 9.41. The van der Waals surface area contributed by atoms with Crippen molar-refractivity contribution < 1.29 is 9.21 Å². The van der Waals surface area contributed by atoms with Crippen molar-refractivity contribution in [1.82, 2.24) is 0 Å². The van der Waals surface area contributed by atoms with E-state index < -0.39 is 0 Å². The maximum absolute atomic E-state index is 11.6. The first kappa shape index (κ1) is 10.8. The molecule has 0 unspecified atom stereocenters. The summed E-state index contributed by atoms with van der Waals surface area (Å²) in [5.74, 6) is -0.132. The molecule has 0 fully saturated rings. The van der Waals surface area contributed by atoms with Gasteiger partial charge in [-0.1, -0.05) is 17.2 Å². The van der Waals surface area contributed by atoms with E-state index in [1.807, 2.05) is 0 Å². The molecular weight excluding hydrogens is 220 g/mol. The number of benzene rings is 1. The highest BCUT2D eigenvalue weighted by molar-refractivity contribution is 6.02. The van der Waals surface area contributed by atoms with Gasteiger partial charge in [0.05, 0.1) is 6.26 Å². The van der Waals surface area contributed by atoms with Gasteiger partial charge < -0.3 is 9.73 Å². The molecule has 84 valence electrons. The van der Waals surface area contributed by atoms with Crippen LogP contribution in [-0.4, -0.2) is 5.91 Å². The van der Waals surface area contributed by atoms with Gasteiger partial charge in [-0.25, -0.2) is 0 Å². The van der Waals surface area contributed by atoms with Gasteiger partial charge >= 0.3 is 0 Å². The van der Waals surface area contributed by atoms with Crippen molar-refractivity contribution in [3.63, 3.8) is 0 Å². The lowest BCUT2D eigenvalue weighted by Gasteiger charge is -2.03. The summed E-state index contributed by atoms with van der Waals surface area (Å²) < 4.78 is 4.95. The zero-order valence-corrected chi connectivity index (χ0v) is 8.70. The first-order valence-electron chi connectivity index (χ1n) is 4.79. The average molecular weight is 228 g/mol. The molecule has 0 aliphatic carbocycles. The molecule has 1 amide bonds. The summed E-state index contributed by atoms with van der Waals surface area (Å²) in [5.41, 5.74) is 9.27. The molecule has 1 N–H and O–H groups in total. The van der Waals surface area contributed by atoms with Crippen LogP contribution in [-0.2, 0) is 0 Å². The molecule has 0 atom stereocenters. The second-order valence-electron chi connectivity index (χ2n) is 3.17. The Morgan fingerprint density at radius 1 is 1.35 bits per heavy atom. The third-order valence-electron chi connectivity index (χ3n) is 2.01. The smallest absolute Gasteiger partial charge is 0.291 e. The maximum Gasteiger partial charge on any atom is 0.291 e. The van der Waals surface area contributed by atoms with Crippen molar-refractivity contribution in [2.75, 3.05) is 5.32 Å². The summed E-state index contributed by atoms with van der Waals surface area (Å²) in [4.78, 5) is 14.3. The van der Waals surface area contributed by atoms with Crippen LogP contribution in [0.1, 0.15) is 10.6 Å². The quantitative estimate of drug-likeness (QED) is 0.495. The van der Waals surface area contributed by atoms with Crippen LogP contribution in [0.3, 0.4) is 0 Å². The number of carbonyl (C=O) groups excluding carboxylic acids is 1. The molecule has 0 saturated heterocycles. The lowest BCUT2D eigenvalue weighted by molar-refractivity contribution is 0.0996. The number of hydrogen-bond donors (Lipinski definition) is 1. The summed E-state index contributed by atoms with van der Waals surface area (Å²) >= 11 is 0. The molecule has 6 nitrogen and oxygen atoms in total. The monoisotopic (exact) mass is 228 g/mol. The first-order chi connectivity index (χ1) is 8.29. The van der Waals surface area contributed by atoms with E-state index in [1.54, 1.807) is 36.4 Å². The van der Waals surface area contributed by atoms with E-state index >= 15 is 0 Å². The Bertz CT molecular complexity index is 571. The number of azide groups is 1. The van der Waals surface area contributed by atoms with Crippen LogP contribution in [0.25, 0.3) is 10.4 Å². The molecule has 0 saturated carbocycles. The second kappa shape index (κ2) is 4.87. The number of rotatable bonds is 3. The maximum atomic E-state index is 11.6. The summed E-state index contributed by atoms with van der Waals surface area (Å²) in [5, 5.41) is 6.07. The van der Waals surface area contributed by atoms with Gasteiger partial charge in [0.25, 0.3) is 5.91 Å². The van der Waals surface area contributed by atoms with Crippen molar-refractivity contribution in [3.8, 4) is 0 Å². The fourth-order valence-electron chi connectivity index (χ4n) is 1.30. The lowest BCUT2D eigenvalue weighted by atomic mass is 10.3. The van der Waals surface area contributed by atoms with Crippen LogP contribution < -0.4 is 5.32 Å². The largest absolute Gasteiger partial charge is 0.459 e. The molecule has 0 radical (unpaired) electrons. The van der Waals surface area contributed by atoms with Gasteiger partial charge in [0.2, 0.25) is 0 Å². The molecule has 2 rings (SSSR count). The molecule has 0 aliphatic heterocycles. The fourth-order valence-corrected chi connectivity index (χ4v) is 1.30. The summed E-state index contributed by atoms with van der Waals surface area (Å²) in [7, 11) is 0. The first-order valence-corrected chi connectivity index (χ1v) is 4.79. The molecule has 0 aliphatic rings. The van der Waals surface area contributed by atoms with E-state index in [1.165, 1.54) is 6.26 Å². The molecule has 1 heterocycles. The van der Waals surface area contributed by atoms with E-state index in [2.05, 4.69) is 15.3 Å². The number of furan rings is 1. The molecular formula is C11H8N4O2. The average Bonchev–Trinajstić information content (AvgIpc) is 2.83. The topological polar surface area (TPSA) is 91.0 Å². The Kier molecular flexibility index (Phi) is 3.09. The highest BCUT2D eigenvalue weighted by Crippen LogP contribution is 2.18. The molecule has 0 bridgehead atoms. The SMILES string of the molecule is [N-]=[N+]=Nc1cccc(NC(=O)c2ccco2)c1. The third-order valence-corrected chi connectivity index (χ3v) is 2.01. The van der Waals surface area contributed by atoms with E-state index in [4.69, 9.17) is 9.95 Å². The van der Waals surface area contributed by atoms with Gasteiger partial charge in [-0.15, -0.1) is 0 Å². The highest BCUT2D eigenvalue weighted by Gasteiger charge is 2.08. The highest BCUT2D eigenvalue weighted by atomic mass is 16.3. The Morgan fingerprint density at radius 3 is 2.94 bits per heavy atom. The standard InChI is InChI=1S/C11H8N4O2/c12-15-14-9-4-1-3-8(7-9)13-11(16)10-5-2-6-17-10/h1-7H,(H,13,16). The van der Waals surface area contributed by atoms with E-state index in [0.29, 0.717) is 11.4 Å². The summed E-state index contributed by atoms with van der Waals surface area (Å²) in [6, 6.07) is 9.78. The summed E-state index contributed by atoms with van der Waals surface area (Å²) in [6.45, 7) is 0. The Labute approximate surface area is 96.5 Å².